The second-order valence-electron chi connectivity index (χ2n) is 9.62. The minimum absolute atomic E-state index is 0.0316. The quantitative estimate of drug-likeness (QED) is 0.642. The Kier molecular flexibility index (Phi) is 5.26. The summed E-state index contributed by atoms with van der Waals surface area (Å²) in [7, 11) is 0. The zero-order chi connectivity index (χ0) is 22.8. The highest BCUT2D eigenvalue weighted by molar-refractivity contribution is 6.33. The predicted octanol–water partition coefficient (Wildman–Crippen LogP) is 4.89. The van der Waals surface area contributed by atoms with Crippen LogP contribution in [0.5, 0.6) is 0 Å². The Labute approximate surface area is 188 Å². The maximum Gasteiger partial charge on any atom is 0.416 e. The Balaban J connectivity index is 1.22. The summed E-state index contributed by atoms with van der Waals surface area (Å²) in [6.07, 6.45) is 0.508. The zero-order valence-corrected chi connectivity index (χ0v) is 18.1. The highest BCUT2D eigenvalue weighted by Crippen LogP contribution is 2.56. The lowest BCUT2D eigenvalue weighted by atomic mass is 9.81. The van der Waals surface area contributed by atoms with E-state index in [9.17, 15) is 27.6 Å². The molecule has 5 nitrogen and oxygen atoms in total. The Morgan fingerprint density at radius 3 is 2.12 bits per heavy atom. The Hall–Kier alpha value is -2.09. The summed E-state index contributed by atoms with van der Waals surface area (Å²) in [5.74, 6) is -0.474. The summed E-state index contributed by atoms with van der Waals surface area (Å²) in [4.78, 5) is 40.2. The number of rotatable bonds is 3. The normalized spacial score (nSPS) is 34.2. The number of likely N-dealkylation sites (tertiary alicyclic amines) is 1. The predicted molar refractivity (Wildman–Crippen MR) is 110 cm³/mol. The van der Waals surface area contributed by atoms with Crippen LogP contribution >= 0.6 is 11.6 Å². The van der Waals surface area contributed by atoms with Crippen molar-refractivity contribution in [3.8, 4) is 0 Å². The molecule has 9 heteroatoms. The summed E-state index contributed by atoms with van der Waals surface area (Å²) in [6, 6.07) is 2.63. The summed E-state index contributed by atoms with van der Waals surface area (Å²) in [5.41, 5.74) is -0.951. The molecule has 3 saturated carbocycles. The molecule has 4 fully saturated rings. The molecule has 1 saturated heterocycles. The Morgan fingerprint density at radius 2 is 1.56 bits per heavy atom. The molecule has 0 spiro atoms. The SMILES string of the molecule is O=C(Nc1cc(C(F)(F)F)ccc1Cl)C1CCC(N2C(=O)[C@@H]3[C@@H]4CC[C@@H](C4)[C@@H]3C2=O)CC1. The van der Waals surface area contributed by atoms with Crippen molar-refractivity contribution in [3.05, 3.63) is 28.8 Å². The van der Waals surface area contributed by atoms with Crippen LogP contribution in [0, 0.1) is 29.6 Å². The number of hydrogen-bond acceptors (Lipinski definition) is 3. The van der Waals surface area contributed by atoms with Gasteiger partial charge in [0.15, 0.2) is 0 Å². The van der Waals surface area contributed by atoms with Gasteiger partial charge in [-0.3, -0.25) is 19.3 Å². The van der Waals surface area contributed by atoms with Crippen molar-refractivity contribution in [2.24, 2.45) is 29.6 Å². The van der Waals surface area contributed by atoms with E-state index in [1.54, 1.807) is 0 Å². The van der Waals surface area contributed by atoms with E-state index < -0.39 is 23.6 Å². The molecule has 1 aliphatic heterocycles. The number of nitrogens with one attached hydrogen (secondary N) is 1. The molecule has 4 aliphatic rings. The molecular formula is C23H24ClF3N2O3. The topological polar surface area (TPSA) is 66.5 Å². The van der Waals surface area contributed by atoms with E-state index in [0.29, 0.717) is 37.5 Å². The van der Waals surface area contributed by atoms with Crippen LogP contribution in [-0.2, 0) is 20.6 Å². The van der Waals surface area contributed by atoms with Gasteiger partial charge in [0.05, 0.1) is 28.1 Å². The number of carbonyl (C=O) groups is 3. The van der Waals surface area contributed by atoms with Crippen molar-refractivity contribution in [3.63, 3.8) is 0 Å². The molecule has 32 heavy (non-hydrogen) atoms. The number of amides is 3. The van der Waals surface area contributed by atoms with Gasteiger partial charge in [0.1, 0.15) is 0 Å². The third kappa shape index (κ3) is 3.51. The smallest absolute Gasteiger partial charge is 0.325 e. The number of benzene rings is 1. The monoisotopic (exact) mass is 468 g/mol. The largest absolute Gasteiger partial charge is 0.416 e. The standard InChI is InChI=1S/C23H24ClF3N2O3/c24-16-8-5-14(23(25,26)27)10-17(16)28-20(30)11-3-6-15(7-4-11)29-21(31)18-12-1-2-13(9-12)19(18)22(29)32/h5,8,10-13,15,18-19H,1-4,6-7,9H2,(H,28,30)/t11?,12-,13+,15?,18-,19+. The van der Waals surface area contributed by atoms with Gasteiger partial charge in [-0.1, -0.05) is 11.6 Å². The van der Waals surface area contributed by atoms with Gasteiger partial charge in [-0.2, -0.15) is 13.2 Å². The molecule has 1 heterocycles. The lowest BCUT2D eigenvalue weighted by Gasteiger charge is -2.33. The molecule has 0 aromatic heterocycles. The molecule has 1 aromatic rings. The molecule has 3 aliphatic carbocycles. The molecular weight excluding hydrogens is 445 g/mol. The molecule has 1 aromatic carbocycles. The van der Waals surface area contributed by atoms with Crippen LogP contribution in [0.15, 0.2) is 18.2 Å². The number of nitrogens with zero attached hydrogens (tertiary/aromatic N) is 1. The van der Waals surface area contributed by atoms with E-state index >= 15 is 0 Å². The van der Waals surface area contributed by atoms with Gasteiger partial charge >= 0.3 is 6.18 Å². The van der Waals surface area contributed by atoms with E-state index in [1.807, 2.05) is 0 Å². The van der Waals surface area contributed by atoms with Crippen LogP contribution in [0.4, 0.5) is 18.9 Å². The number of imide groups is 1. The van der Waals surface area contributed by atoms with Crippen molar-refractivity contribution < 1.29 is 27.6 Å². The van der Waals surface area contributed by atoms with Crippen molar-refractivity contribution in [2.75, 3.05) is 5.32 Å². The lowest BCUT2D eigenvalue weighted by molar-refractivity contribution is -0.144. The molecule has 5 rings (SSSR count). The van der Waals surface area contributed by atoms with Crippen LogP contribution in [0.25, 0.3) is 0 Å². The van der Waals surface area contributed by atoms with Gasteiger partial charge in [0.25, 0.3) is 0 Å². The number of hydrogen-bond donors (Lipinski definition) is 1. The third-order valence-corrected chi connectivity index (χ3v) is 8.28. The zero-order valence-electron chi connectivity index (χ0n) is 17.3. The average Bonchev–Trinajstić information content (AvgIpc) is 3.43. The van der Waals surface area contributed by atoms with Gasteiger partial charge in [0, 0.05) is 12.0 Å². The third-order valence-electron chi connectivity index (χ3n) is 7.95. The number of anilines is 1. The fourth-order valence-corrected chi connectivity index (χ4v) is 6.58. The minimum atomic E-state index is -4.53. The molecule has 3 amide bonds. The Morgan fingerprint density at radius 1 is 0.969 bits per heavy atom. The summed E-state index contributed by atoms with van der Waals surface area (Å²) in [5, 5.41) is 2.56. The molecule has 172 valence electrons. The van der Waals surface area contributed by atoms with E-state index in [1.165, 1.54) is 4.90 Å². The van der Waals surface area contributed by atoms with Gasteiger partial charge in [-0.05, 0) is 75.0 Å². The summed E-state index contributed by atoms with van der Waals surface area (Å²) >= 11 is 5.98. The molecule has 1 N–H and O–H groups in total. The first-order valence-electron chi connectivity index (χ1n) is 11.2. The number of alkyl halides is 3. The van der Waals surface area contributed by atoms with E-state index in [4.69, 9.17) is 11.6 Å². The van der Waals surface area contributed by atoms with Crippen molar-refractivity contribution >= 4 is 35.0 Å². The molecule has 4 atom stereocenters. The Bertz CT molecular complexity index is 946. The number of fused-ring (bicyclic) bond motifs is 5. The fourth-order valence-electron chi connectivity index (χ4n) is 6.42. The number of halogens is 4. The highest BCUT2D eigenvalue weighted by Gasteiger charge is 2.61. The van der Waals surface area contributed by atoms with Gasteiger partial charge in [-0.15, -0.1) is 0 Å². The molecule has 0 unspecified atom stereocenters. The average molecular weight is 469 g/mol. The second kappa shape index (κ2) is 7.75. The van der Waals surface area contributed by atoms with Gasteiger partial charge in [-0.25, -0.2) is 0 Å². The fraction of sp³-hybridized carbons (Fsp3) is 0.609. The number of carbonyl (C=O) groups excluding carboxylic acids is 3. The maximum absolute atomic E-state index is 13.0. The molecule has 0 radical (unpaired) electrons. The summed E-state index contributed by atoms with van der Waals surface area (Å²) in [6.45, 7) is 0. The van der Waals surface area contributed by atoms with E-state index in [2.05, 4.69) is 5.32 Å². The van der Waals surface area contributed by atoms with Crippen molar-refractivity contribution in [2.45, 2.75) is 57.2 Å². The van der Waals surface area contributed by atoms with Crippen LogP contribution < -0.4 is 5.32 Å². The van der Waals surface area contributed by atoms with Gasteiger partial charge < -0.3 is 5.32 Å². The molecule has 2 bridgehead atoms. The first-order valence-corrected chi connectivity index (χ1v) is 11.6. The van der Waals surface area contributed by atoms with Crippen LogP contribution in [0.1, 0.15) is 50.5 Å². The van der Waals surface area contributed by atoms with Crippen molar-refractivity contribution in [1.82, 2.24) is 4.90 Å². The second-order valence-corrected chi connectivity index (χ2v) is 10.0. The van der Waals surface area contributed by atoms with E-state index in [-0.39, 0.29) is 40.4 Å². The highest BCUT2D eigenvalue weighted by atomic mass is 35.5. The first-order chi connectivity index (χ1) is 15.1. The minimum Gasteiger partial charge on any atom is -0.325 e. The van der Waals surface area contributed by atoms with Crippen LogP contribution in [0.3, 0.4) is 0 Å². The van der Waals surface area contributed by atoms with Gasteiger partial charge in [0.2, 0.25) is 17.7 Å². The van der Waals surface area contributed by atoms with Crippen molar-refractivity contribution in [1.29, 1.82) is 0 Å². The first kappa shape index (κ1) is 21.7. The van der Waals surface area contributed by atoms with Crippen LogP contribution in [0.2, 0.25) is 5.02 Å². The summed E-state index contributed by atoms with van der Waals surface area (Å²) < 4.78 is 38.9. The van der Waals surface area contributed by atoms with E-state index in [0.717, 1.165) is 37.5 Å². The lowest BCUT2D eigenvalue weighted by Crippen LogP contribution is -2.44. The van der Waals surface area contributed by atoms with Crippen LogP contribution in [-0.4, -0.2) is 28.7 Å². The maximum atomic E-state index is 13.0.